The number of rotatable bonds is 3. The van der Waals surface area contributed by atoms with E-state index in [2.05, 4.69) is 15.9 Å². The topological polar surface area (TPSA) is 40.5 Å². The summed E-state index contributed by atoms with van der Waals surface area (Å²) in [5.41, 5.74) is 0.363. The molecule has 2 rings (SSSR count). The smallest absolute Gasteiger partial charge is 0.246 e. The number of carbonyl (C=O) groups is 1. The lowest BCUT2D eigenvalue weighted by Crippen LogP contribution is -2.36. The summed E-state index contributed by atoms with van der Waals surface area (Å²) in [6.45, 7) is 0.625. The highest BCUT2D eigenvalue weighted by atomic mass is 79.9. The molecule has 0 saturated carbocycles. The lowest BCUT2D eigenvalue weighted by molar-refractivity contribution is -0.127. The van der Waals surface area contributed by atoms with Crippen molar-refractivity contribution in [2.75, 3.05) is 13.2 Å². The molecular formula is C14H15BrFNO2. The van der Waals surface area contributed by atoms with E-state index in [1.54, 1.807) is 17.0 Å². The molecule has 1 heterocycles. The molecular weight excluding hydrogens is 313 g/mol. The molecule has 0 spiro atoms. The molecule has 1 aromatic rings. The zero-order chi connectivity index (χ0) is 13.8. The average Bonchev–Trinajstić information content (AvgIpc) is 2.88. The Labute approximate surface area is 119 Å². The second-order valence-corrected chi connectivity index (χ2v) is 5.43. The maximum atomic E-state index is 13.5. The summed E-state index contributed by atoms with van der Waals surface area (Å²) in [6.07, 6.45) is 4.55. The third kappa shape index (κ3) is 3.42. The van der Waals surface area contributed by atoms with Crippen LogP contribution in [0.4, 0.5) is 4.39 Å². The molecule has 3 nitrogen and oxygen atoms in total. The molecule has 1 fully saturated rings. The van der Waals surface area contributed by atoms with Gasteiger partial charge in [-0.05, 0) is 37.1 Å². The maximum Gasteiger partial charge on any atom is 0.246 e. The first kappa shape index (κ1) is 14.2. The first-order valence-electron chi connectivity index (χ1n) is 6.16. The number of carbonyl (C=O) groups excluding carboxylic acids is 1. The number of benzene rings is 1. The molecule has 19 heavy (non-hydrogen) atoms. The van der Waals surface area contributed by atoms with E-state index in [0.29, 0.717) is 12.1 Å². The van der Waals surface area contributed by atoms with E-state index in [0.717, 1.165) is 17.3 Å². The van der Waals surface area contributed by atoms with Gasteiger partial charge < -0.3 is 10.0 Å². The highest BCUT2D eigenvalue weighted by Gasteiger charge is 2.26. The van der Waals surface area contributed by atoms with Crippen LogP contribution in [0.2, 0.25) is 0 Å². The molecule has 0 aliphatic carbocycles. The Bertz CT molecular complexity index is 504. The Morgan fingerprint density at radius 2 is 2.37 bits per heavy atom. The van der Waals surface area contributed by atoms with Gasteiger partial charge in [0, 0.05) is 22.7 Å². The second-order valence-electron chi connectivity index (χ2n) is 4.51. The van der Waals surface area contributed by atoms with Gasteiger partial charge in [-0.2, -0.15) is 0 Å². The summed E-state index contributed by atoms with van der Waals surface area (Å²) in [5.74, 6) is -0.552. The van der Waals surface area contributed by atoms with Crippen LogP contribution in [0, 0.1) is 5.82 Å². The van der Waals surface area contributed by atoms with Gasteiger partial charge in [-0.15, -0.1) is 0 Å². The molecule has 1 atom stereocenters. The fourth-order valence-electron chi connectivity index (χ4n) is 2.21. The van der Waals surface area contributed by atoms with E-state index in [-0.39, 0.29) is 24.4 Å². The fraction of sp³-hybridized carbons (Fsp3) is 0.357. The molecule has 1 aliphatic heterocycles. The van der Waals surface area contributed by atoms with Crippen molar-refractivity contribution in [1.29, 1.82) is 0 Å². The molecule has 1 aliphatic rings. The highest BCUT2D eigenvalue weighted by molar-refractivity contribution is 9.10. The van der Waals surface area contributed by atoms with Crippen molar-refractivity contribution in [2.24, 2.45) is 0 Å². The van der Waals surface area contributed by atoms with Crippen LogP contribution in [0.1, 0.15) is 18.4 Å². The first-order valence-corrected chi connectivity index (χ1v) is 6.95. The summed E-state index contributed by atoms with van der Waals surface area (Å²) in [4.78, 5) is 13.6. The summed E-state index contributed by atoms with van der Waals surface area (Å²) < 4.78 is 14.3. The van der Waals surface area contributed by atoms with Crippen LogP contribution in [0.3, 0.4) is 0 Å². The van der Waals surface area contributed by atoms with E-state index < -0.39 is 0 Å². The number of hydrogen-bond acceptors (Lipinski definition) is 2. The monoisotopic (exact) mass is 327 g/mol. The predicted octanol–water partition coefficient (Wildman–Crippen LogP) is 2.58. The van der Waals surface area contributed by atoms with E-state index in [9.17, 15) is 9.18 Å². The van der Waals surface area contributed by atoms with Gasteiger partial charge in [0.2, 0.25) is 5.91 Å². The molecule has 0 radical (unpaired) electrons. The van der Waals surface area contributed by atoms with E-state index in [4.69, 9.17) is 5.11 Å². The van der Waals surface area contributed by atoms with Crippen molar-refractivity contribution < 1.29 is 14.3 Å². The van der Waals surface area contributed by atoms with Gasteiger partial charge in [-0.25, -0.2) is 4.39 Å². The summed E-state index contributed by atoms with van der Waals surface area (Å²) in [6, 6.07) is 4.47. The third-order valence-corrected chi connectivity index (χ3v) is 3.73. The van der Waals surface area contributed by atoms with Gasteiger partial charge in [0.25, 0.3) is 0 Å². The highest BCUT2D eigenvalue weighted by Crippen LogP contribution is 2.19. The van der Waals surface area contributed by atoms with Crippen molar-refractivity contribution in [3.8, 4) is 0 Å². The largest absolute Gasteiger partial charge is 0.394 e. The lowest BCUT2D eigenvalue weighted by atomic mass is 10.2. The van der Waals surface area contributed by atoms with Crippen molar-refractivity contribution in [2.45, 2.75) is 18.9 Å². The summed E-state index contributed by atoms with van der Waals surface area (Å²) >= 11 is 3.26. The maximum absolute atomic E-state index is 13.5. The normalized spacial score (nSPS) is 19.3. The standard InChI is InChI=1S/C14H15BrFNO2/c15-11-4-5-13(16)10(8-11)3-6-14(19)17-7-1-2-12(17)9-18/h3-6,8,12,18H,1-2,7,9H2/b6-3+/t12-/m1/s1. The number of hydrogen-bond donors (Lipinski definition) is 1. The Morgan fingerprint density at radius 1 is 1.58 bits per heavy atom. The number of halogens is 2. The summed E-state index contributed by atoms with van der Waals surface area (Å²) in [7, 11) is 0. The molecule has 0 bridgehead atoms. The van der Waals surface area contributed by atoms with Crippen molar-refractivity contribution in [3.63, 3.8) is 0 Å². The van der Waals surface area contributed by atoms with Gasteiger partial charge in [0.1, 0.15) is 5.82 Å². The molecule has 5 heteroatoms. The molecule has 1 N–H and O–H groups in total. The van der Waals surface area contributed by atoms with Crippen LogP contribution in [-0.2, 0) is 4.79 Å². The van der Waals surface area contributed by atoms with Gasteiger partial charge in [-0.1, -0.05) is 15.9 Å². The van der Waals surface area contributed by atoms with E-state index >= 15 is 0 Å². The SMILES string of the molecule is O=C(/C=C/c1cc(Br)ccc1F)N1CCC[C@@H]1CO. The van der Waals surface area contributed by atoms with E-state index in [1.165, 1.54) is 18.2 Å². The Hall–Kier alpha value is -1.20. The molecule has 1 saturated heterocycles. The van der Waals surface area contributed by atoms with Crippen molar-refractivity contribution in [1.82, 2.24) is 4.90 Å². The zero-order valence-electron chi connectivity index (χ0n) is 10.4. The quantitative estimate of drug-likeness (QED) is 0.867. The molecule has 102 valence electrons. The third-order valence-electron chi connectivity index (χ3n) is 3.23. The van der Waals surface area contributed by atoms with Crippen LogP contribution in [-0.4, -0.2) is 35.1 Å². The van der Waals surface area contributed by atoms with Gasteiger partial charge >= 0.3 is 0 Å². The Balaban J connectivity index is 2.09. The minimum Gasteiger partial charge on any atom is -0.394 e. The van der Waals surface area contributed by atoms with Crippen LogP contribution in [0.5, 0.6) is 0 Å². The number of amides is 1. The molecule has 0 unspecified atom stereocenters. The van der Waals surface area contributed by atoms with Gasteiger partial charge in [0.05, 0.1) is 12.6 Å². The van der Waals surface area contributed by atoms with Crippen LogP contribution >= 0.6 is 15.9 Å². The number of nitrogens with zero attached hydrogens (tertiary/aromatic N) is 1. The average molecular weight is 328 g/mol. The van der Waals surface area contributed by atoms with Crippen LogP contribution < -0.4 is 0 Å². The van der Waals surface area contributed by atoms with Crippen molar-refractivity contribution >= 4 is 27.9 Å². The number of aliphatic hydroxyl groups is 1. The molecule has 1 amide bonds. The molecule has 0 aromatic heterocycles. The van der Waals surface area contributed by atoms with Gasteiger partial charge in [-0.3, -0.25) is 4.79 Å². The van der Waals surface area contributed by atoms with Crippen LogP contribution in [0.15, 0.2) is 28.7 Å². The minimum absolute atomic E-state index is 0.0230. The summed E-state index contributed by atoms with van der Waals surface area (Å²) in [5, 5.41) is 9.17. The lowest BCUT2D eigenvalue weighted by Gasteiger charge is -2.21. The second kappa shape index (κ2) is 6.30. The first-order chi connectivity index (χ1) is 9.11. The Kier molecular flexibility index (Phi) is 4.71. The number of aliphatic hydroxyl groups excluding tert-OH is 1. The van der Waals surface area contributed by atoms with E-state index in [1.807, 2.05) is 0 Å². The van der Waals surface area contributed by atoms with Crippen molar-refractivity contribution in [3.05, 3.63) is 40.1 Å². The predicted molar refractivity (Wildman–Crippen MR) is 75.0 cm³/mol. The number of likely N-dealkylation sites (tertiary alicyclic amines) is 1. The molecule has 1 aromatic carbocycles. The fourth-order valence-corrected chi connectivity index (χ4v) is 2.59. The minimum atomic E-state index is -0.368. The Morgan fingerprint density at radius 3 is 3.11 bits per heavy atom. The van der Waals surface area contributed by atoms with Crippen LogP contribution in [0.25, 0.3) is 6.08 Å². The zero-order valence-corrected chi connectivity index (χ0v) is 11.9. The van der Waals surface area contributed by atoms with Gasteiger partial charge in [0.15, 0.2) is 0 Å².